The molecule has 7 heteroatoms. The van der Waals surface area contributed by atoms with Crippen LogP contribution in [0.1, 0.15) is 27.2 Å². The first kappa shape index (κ1) is 14.5. The zero-order valence-corrected chi connectivity index (χ0v) is 10.8. The highest BCUT2D eigenvalue weighted by Crippen LogP contribution is 2.25. The average Bonchev–Trinajstić information content (AvgIpc) is 2.29. The fraction of sp³-hybridized carbons (Fsp3) is 0.636. The molecule has 0 aromatic heterocycles. The van der Waals surface area contributed by atoms with Crippen molar-refractivity contribution in [3.8, 4) is 0 Å². The Morgan fingerprint density at radius 1 is 1.33 bits per heavy atom. The Kier molecular flexibility index (Phi) is 5.11. The molecule has 1 N–H and O–H groups in total. The molecule has 0 aromatic carbocycles. The van der Waals surface area contributed by atoms with Crippen LogP contribution in [0.2, 0.25) is 0 Å². The van der Waals surface area contributed by atoms with Crippen molar-refractivity contribution in [3.05, 3.63) is 11.5 Å². The number of hydroxylamine groups is 1. The Labute approximate surface area is 105 Å². The summed E-state index contributed by atoms with van der Waals surface area (Å²) in [5.41, 5.74) is 2.91. The van der Waals surface area contributed by atoms with Gasteiger partial charge in [-0.25, -0.2) is 5.48 Å². The normalized spacial score (nSPS) is 23.6. The van der Waals surface area contributed by atoms with E-state index in [4.69, 9.17) is 14.2 Å². The first-order chi connectivity index (χ1) is 8.43. The number of hydrogen-bond donors (Lipinski definition) is 1. The lowest BCUT2D eigenvalue weighted by Crippen LogP contribution is -2.36. The molecule has 0 amide bonds. The summed E-state index contributed by atoms with van der Waals surface area (Å²) in [6, 6.07) is 0. The number of esters is 1. The molecule has 1 heterocycles. The molecule has 1 rings (SSSR count). The second kappa shape index (κ2) is 6.36. The molecule has 0 fully saturated rings. The maximum Gasteiger partial charge on any atom is 0.329 e. The number of rotatable bonds is 4. The van der Waals surface area contributed by atoms with Gasteiger partial charge in [0.05, 0.1) is 5.70 Å². The zero-order valence-electron chi connectivity index (χ0n) is 10.8. The Balaban J connectivity index is 2.87. The lowest BCUT2D eigenvalue weighted by molar-refractivity contribution is -0.172. The molecule has 1 aliphatic heterocycles. The summed E-state index contributed by atoms with van der Waals surface area (Å²) >= 11 is 0. The van der Waals surface area contributed by atoms with Crippen LogP contribution in [0.25, 0.3) is 0 Å². The van der Waals surface area contributed by atoms with Crippen LogP contribution in [0.4, 0.5) is 0 Å². The molecule has 102 valence electrons. The molecule has 0 saturated heterocycles. The molecular formula is C11H17NO6. The fourth-order valence-corrected chi connectivity index (χ4v) is 1.51. The third-order valence-corrected chi connectivity index (χ3v) is 2.23. The number of carbonyl (C=O) groups is 2. The van der Waals surface area contributed by atoms with E-state index in [9.17, 15) is 9.59 Å². The van der Waals surface area contributed by atoms with Crippen molar-refractivity contribution < 1.29 is 28.6 Å². The van der Waals surface area contributed by atoms with Gasteiger partial charge in [-0.15, -0.1) is 0 Å². The highest BCUT2D eigenvalue weighted by molar-refractivity contribution is 5.67. The zero-order chi connectivity index (χ0) is 13.7. The first-order valence-electron chi connectivity index (χ1n) is 5.47. The monoisotopic (exact) mass is 259 g/mol. The molecule has 0 spiro atoms. The van der Waals surface area contributed by atoms with E-state index in [-0.39, 0.29) is 12.2 Å². The van der Waals surface area contributed by atoms with E-state index in [0.29, 0.717) is 5.70 Å². The minimum absolute atomic E-state index is 0.288. The molecule has 1 unspecified atom stereocenters. The topological polar surface area (TPSA) is 83.1 Å². The molecule has 2 atom stereocenters. The van der Waals surface area contributed by atoms with Gasteiger partial charge in [0.15, 0.2) is 12.0 Å². The Hall–Kier alpha value is -1.60. The highest BCUT2D eigenvalue weighted by atomic mass is 16.7. The minimum atomic E-state index is -0.502. The predicted molar refractivity (Wildman–Crippen MR) is 59.7 cm³/mol. The third-order valence-electron chi connectivity index (χ3n) is 2.23. The van der Waals surface area contributed by atoms with Gasteiger partial charge in [-0.2, -0.15) is 0 Å². The van der Waals surface area contributed by atoms with E-state index in [2.05, 4.69) is 10.3 Å². The second-order valence-corrected chi connectivity index (χ2v) is 3.78. The van der Waals surface area contributed by atoms with E-state index in [1.54, 1.807) is 6.92 Å². The summed E-state index contributed by atoms with van der Waals surface area (Å²) in [7, 11) is 1.50. The number of hydrogen-bond acceptors (Lipinski definition) is 7. The Morgan fingerprint density at radius 3 is 2.50 bits per heavy atom. The smallest absolute Gasteiger partial charge is 0.329 e. The van der Waals surface area contributed by atoms with Crippen LogP contribution < -0.4 is 5.48 Å². The van der Waals surface area contributed by atoms with Gasteiger partial charge in [0.25, 0.3) is 0 Å². The molecular weight excluding hydrogens is 242 g/mol. The fourth-order valence-electron chi connectivity index (χ4n) is 1.51. The van der Waals surface area contributed by atoms with Crippen LogP contribution >= 0.6 is 0 Å². The summed E-state index contributed by atoms with van der Waals surface area (Å²) in [4.78, 5) is 26.5. The summed E-state index contributed by atoms with van der Waals surface area (Å²) in [6.45, 7) is 4.25. The SMILES string of the molecule is COC1CC(NOC(C)=O)=C(OC(C)=O)[C@H](C)O1. The molecule has 7 nitrogen and oxygen atoms in total. The molecule has 0 bridgehead atoms. The van der Waals surface area contributed by atoms with E-state index < -0.39 is 24.3 Å². The van der Waals surface area contributed by atoms with Crippen LogP contribution in [0, 0.1) is 0 Å². The van der Waals surface area contributed by atoms with Crippen molar-refractivity contribution in [2.24, 2.45) is 0 Å². The molecule has 0 aliphatic carbocycles. The Bertz CT molecular complexity index is 365. The van der Waals surface area contributed by atoms with Gasteiger partial charge in [-0.05, 0) is 6.92 Å². The van der Waals surface area contributed by atoms with Crippen LogP contribution in [0.5, 0.6) is 0 Å². The summed E-state index contributed by atoms with van der Waals surface area (Å²) < 4.78 is 15.6. The third kappa shape index (κ3) is 4.01. The highest BCUT2D eigenvalue weighted by Gasteiger charge is 2.30. The van der Waals surface area contributed by atoms with Crippen LogP contribution in [-0.2, 0) is 28.6 Å². The van der Waals surface area contributed by atoms with Gasteiger partial charge in [0, 0.05) is 27.4 Å². The summed E-state index contributed by atoms with van der Waals surface area (Å²) in [6.07, 6.45) is -0.681. The van der Waals surface area contributed by atoms with Crippen molar-refractivity contribution in [2.45, 2.75) is 39.6 Å². The van der Waals surface area contributed by atoms with Crippen LogP contribution in [0.15, 0.2) is 11.5 Å². The van der Waals surface area contributed by atoms with E-state index >= 15 is 0 Å². The van der Waals surface area contributed by atoms with Crippen molar-refractivity contribution in [2.75, 3.05) is 7.11 Å². The standard InChI is InChI=1S/C11H17NO6/c1-6-11(17-7(2)13)9(12-18-8(3)14)5-10(15-4)16-6/h6,10,12H,5H2,1-4H3/t6-,10?/m0/s1. The van der Waals surface area contributed by atoms with Crippen LogP contribution in [0.3, 0.4) is 0 Å². The summed E-state index contributed by atoms with van der Waals surface area (Å²) in [5.74, 6) is -0.687. The molecule has 18 heavy (non-hydrogen) atoms. The van der Waals surface area contributed by atoms with Gasteiger partial charge in [-0.3, -0.25) is 9.59 Å². The maximum absolute atomic E-state index is 11.0. The molecule has 0 aromatic rings. The van der Waals surface area contributed by atoms with Gasteiger partial charge in [0.1, 0.15) is 6.10 Å². The van der Waals surface area contributed by atoms with Crippen molar-refractivity contribution in [1.82, 2.24) is 5.48 Å². The molecule has 0 saturated carbocycles. The second-order valence-electron chi connectivity index (χ2n) is 3.78. The predicted octanol–water partition coefficient (Wildman–Crippen LogP) is 0.610. The maximum atomic E-state index is 11.0. The number of nitrogens with one attached hydrogen (secondary N) is 1. The lowest BCUT2D eigenvalue weighted by Gasteiger charge is -2.30. The van der Waals surface area contributed by atoms with E-state index in [0.717, 1.165) is 0 Å². The number of methoxy groups -OCH3 is 1. The average molecular weight is 259 g/mol. The largest absolute Gasteiger partial charge is 0.426 e. The van der Waals surface area contributed by atoms with Crippen LogP contribution in [-0.4, -0.2) is 31.4 Å². The summed E-state index contributed by atoms with van der Waals surface area (Å²) in [5, 5.41) is 0. The molecule has 0 radical (unpaired) electrons. The van der Waals surface area contributed by atoms with Gasteiger partial charge in [0.2, 0.25) is 0 Å². The minimum Gasteiger partial charge on any atom is -0.426 e. The quantitative estimate of drug-likeness (QED) is 0.585. The first-order valence-corrected chi connectivity index (χ1v) is 5.47. The lowest BCUT2D eigenvalue weighted by atomic mass is 10.1. The van der Waals surface area contributed by atoms with E-state index in [1.165, 1.54) is 21.0 Å². The molecule has 1 aliphatic rings. The van der Waals surface area contributed by atoms with Gasteiger partial charge in [-0.1, -0.05) is 0 Å². The van der Waals surface area contributed by atoms with Gasteiger partial charge >= 0.3 is 11.9 Å². The number of carbonyl (C=O) groups excluding carboxylic acids is 2. The number of ether oxygens (including phenoxy) is 3. The van der Waals surface area contributed by atoms with E-state index in [1.807, 2.05) is 0 Å². The van der Waals surface area contributed by atoms with Crippen molar-refractivity contribution in [3.63, 3.8) is 0 Å². The van der Waals surface area contributed by atoms with Crippen molar-refractivity contribution in [1.29, 1.82) is 0 Å². The Morgan fingerprint density at radius 2 is 2.00 bits per heavy atom. The van der Waals surface area contributed by atoms with Crippen molar-refractivity contribution >= 4 is 11.9 Å². The van der Waals surface area contributed by atoms with Gasteiger partial charge < -0.3 is 19.0 Å².